The summed E-state index contributed by atoms with van der Waals surface area (Å²) in [4.78, 5) is 4.47. The van der Waals surface area contributed by atoms with Gasteiger partial charge in [0.05, 0.1) is 12.6 Å². The topological polar surface area (TPSA) is 22.1 Å². The van der Waals surface area contributed by atoms with Crippen molar-refractivity contribution in [3.05, 3.63) is 58.0 Å². The molecule has 0 aliphatic carbocycles. The van der Waals surface area contributed by atoms with E-state index >= 15 is 0 Å². The predicted octanol–water partition coefficient (Wildman–Crippen LogP) is 5.33. The van der Waals surface area contributed by atoms with Crippen LogP contribution in [0.1, 0.15) is 0 Å². The maximum atomic E-state index is 5.96. The maximum absolute atomic E-state index is 5.96. The highest BCUT2D eigenvalue weighted by atomic mass is 79.9. The van der Waals surface area contributed by atoms with Crippen LogP contribution >= 0.6 is 27.5 Å². The molecule has 0 amide bonds. The monoisotopic (exact) mass is 347 g/mol. The van der Waals surface area contributed by atoms with Crippen molar-refractivity contribution in [1.82, 2.24) is 4.98 Å². The van der Waals surface area contributed by atoms with E-state index in [2.05, 4.69) is 27.0 Å². The van der Waals surface area contributed by atoms with Gasteiger partial charge in [-0.2, -0.15) is 0 Å². The quantitative estimate of drug-likeness (QED) is 0.625. The summed E-state index contributed by atoms with van der Waals surface area (Å²) in [5, 5.41) is 1.79. The third-order valence-electron chi connectivity index (χ3n) is 3.11. The van der Waals surface area contributed by atoms with Crippen molar-refractivity contribution in [3.8, 4) is 17.0 Å². The molecule has 0 fully saturated rings. The summed E-state index contributed by atoms with van der Waals surface area (Å²) in [5.41, 5.74) is 3.06. The Kier molecular flexibility index (Phi) is 3.64. The lowest BCUT2D eigenvalue weighted by Crippen LogP contribution is -1.91. The number of ether oxygens (including phenoxy) is 1. The molecule has 0 atom stereocenters. The molecule has 1 aromatic heterocycles. The first-order valence-corrected chi connectivity index (χ1v) is 7.25. The summed E-state index contributed by atoms with van der Waals surface area (Å²) >= 11 is 9.46. The highest BCUT2D eigenvalue weighted by molar-refractivity contribution is 9.10. The van der Waals surface area contributed by atoms with E-state index in [0.29, 0.717) is 5.88 Å². The highest BCUT2D eigenvalue weighted by Crippen LogP contribution is 2.33. The van der Waals surface area contributed by atoms with Crippen LogP contribution in [-0.4, -0.2) is 12.1 Å². The van der Waals surface area contributed by atoms with Crippen molar-refractivity contribution in [2.75, 3.05) is 7.11 Å². The number of methoxy groups -OCH3 is 1. The van der Waals surface area contributed by atoms with Gasteiger partial charge in [0.25, 0.3) is 0 Å². The molecule has 0 unspecified atom stereocenters. The van der Waals surface area contributed by atoms with Gasteiger partial charge in [-0.15, -0.1) is 0 Å². The number of pyridine rings is 1. The highest BCUT2D eigenvalue weighted by Gasteiger charge is 2.09. The van der Waals surface area contributed by atoms with Gasteiger partial charge in [-0.3, -0.25) is 0 Å². The van der Waals surface area contributed by atoms with Crippen molar-refractivity contribution < 1.29 is 4.74 Å². The van der Waals surface area contributed by atoms with Crippen LogP contribution in [0.2, 0.25) is 5.02 Å². The van der Waals surface area contributed by atoms with E-state index in [-0.39, 0.29) is 0 Å². The standard InChI is InChI=1S/C16H11BrClNO/c1-20-16-9-13(10-2-5-12(18)6-3-10)14-8-11(17)4-7-15(14)19-16/h2-9H,1H3. The summed E-state index contributed by atoms with van der Waals surface area (Å²) in [7, 11) is 1.62. The molecule has 0 radical (unpaired) electrons. The van der Waals surface area contributed by atoms with Crippen molar-refractivity contribution in [2.45, 2.75) is 0 Å². The minimum atomic E-state index is 0.602. The molecule has 1 heterocycles. The number of aromatic nitrogens is 1. The zero-order valence-electron chi connectivity index (χ0n) is 10.7. The van der Waals surface area contributed by atoms with E-state index in [0.717, 1.165) is 31.5 Å². The zero-order chi connectivity index (χ0) is 14.1. The predicted molar refractivity (Wildman–Crippen MR) is 86.4 cm³/mol. The molecule has 0 spiro atoms. The first kappa shape index (κ1) is 13.4. The molecule has 100 valence electrons. The Morgan fingerprint density at radius 3 is 2.50 bits per heavy atom. The van der Waals surface area contributed by atoms with Crippen LogP contribution in [0.3, 0.4) is 0 Å². The summed E-state index contributed by atoms with van der Waals surface area (Å²) in [6.45, 7) is 0. The van der Waals surface area contributed by atoms with E-state index in [1.165, 1.54) is 0 Å². The molecule has 0 bridgehead atoms. The first-order valence-electron chi connectivity index (χ1n) is 6.07. The lowest BCUT2D eigenvalue weighted by Gasteiger charge is -2.10. The third kappa shape index (κ3) is 2.51. The molecule has 2 nitrogen and oxygen atoms in total. The second-order valence-electron chi connectivity index (χ2n) is 4.38. The van der Waals surface area contributed by atoms with Gasteiger partial charge in [-0.1, -0.05) is 39.7 Å². The van der Waals surface area contributed by atoms with Crippen molar-refractivity contribution in [2.24, 2.45) is 0 Å². The maximum Gasteiger partial charge on any atom is 0.214 e. The first-order chi connectivity index (χ1) is 9.67. The van der Waals surface area contributed by atoms with Gasteiger partial charge in [-0.05, 0) is 41.5 Å². The Morgan fingerprint density at radius 1 is 1.05 bits per heavy atom. The number of nitrogens with zero attached hydrogens (tertiary/aromatic N) is 1. The number of hydrogen-bond acceptors (Lipinski definition) is 2. The Balaban J connectivity index is 2.31. The Morgan fingerprint density at radius 2 is 1.80 bits per heavy atom. The van der Waals surface area contributed by atoms with Gasteiger partial charge < -0.3 is 4.74 Å². The molecule has 0 aliphatic rings. The van der Waals surface area contributed by atoms with Crippen molar-refractivity contribution in [3.63, 3.8) is 0 Å². The molecule has 3 rings (SSSR count). The molecule has 0 saturated carbocycles. The minimum Gasteiger partial charge on any atom is -0.481 e. The number of benzene rings is 2. The summed E-state index contributed by atoms with van der Waals surface area (Å²) in [6, 6.07) is 15.7. The van der Waals surface area contributed by atoms with E-state index in [9.17, 15) is 0 Å². The SMILES string of the molecule is COc1cc(-c2ccc(Cl)cc2)c2cc(Br)ccc2n1. The Bertz CT molecular complexity index is 771. The van der Waals surface area contributed by atoms with Crippen LogP contribution in [0.15, 0.2) is 53.0 Å². The second kappa shape index (κ2) is 5.43. The molecular weight excluding hydrogens is 338 g/mol. The molecule has 20 heavy (non-hydrogen) atoms. The van der Waals surface area contributed by atoms with Crippen molar-refractivity contribution >= 4 is 38.4 Å². The summed E-state index contributed by atoms with van der Waals surface area (Å²) < 4.78 is 6.31. The largest absolute Gasteiger partial charge is 0.481 e. The fourth-order valence-corrected chi connectivity index (χ4v) is 2.63. The molecule has 3 aromatic rings. The molecule has 0 N–H and O–H groups in total. The molecule has 2 aromatic carbocycles. The fraction of sp³-hybridized carbons (Fsp3) is 0.0625. The molecule has 0 aliphatic heterocycles. The zero-order valence-corrected chi connectivity index (χ0v) is 13.1. The van der Waals surface area contributed by atoms with Gasteiger partial charge >= 0.3 is 0 Å². The van der Waals surface area contributed by atoms with Crippen LogP contribution in [0.4, 0.5) is 0 Å². The fourth-order valence-electron chi connectivity index (χ4n) is 2.15. The average molecular weight is 349 g/mol. The van der Waals surface area contributed by atoms with E-state index < -0.39 is 0 Å². The minimum absolute atomic E-state index is 0.602. The molecular formula is C16H11BrClNO. The summed E-state index contributed by atoms with van der Waals surface area (Å²) in [5.74, 6) is 0.602. The van der Waals surface area contributed by atoms with Gasteiger partial charge in [0, 0.05) is 20.9 Å². The smallest absolute Gasteiger partial charge is 0.214 e. The number of rotatable bonds is 2. The van der Waals surface area contributed by atoms with E-state index in [1.54, 1.807) is 7.11 Å². The summed E-state index contributed by atoms with van der Waals surface area (Å²) in [6.07, 6.45) is 0. The van der Waals surface area contributed by atoms with Gasteiger partial charge in [0.1, 0.15) is 0 Å². The van der Waals surface area contributed by atoms with E-state index in [4.69, 9.17) is 16.3 Å². The van der Waals surface area contributed by atoms with Gasteiger partial charge in [0.15, 0.2) is 0 Å². The van der Waals surface area contributed by atoms with Crippen LogP contribution in [0.25, 0.3) is 22.0 Å². The van der Waals surface area contributed by atoms with Crippen LogP contribution in [0, 0.1) is 0 Å². The third-order valence-corrected chi connectivity index (χ3v) is 3.86. The second-order valence-corrected chi connectivity index (χ2v) is 5.73. The number of halogens is 2. The Labute approximate surface area is 130 Å². The normalized spacial score (nSPS) is 10.8. The average Bonchev–Trinajstić information content (AvgIpc) is 2.47. The lowest BCUT2D eigenvalue weighted by atomic mass is 10.0. The van der Waals surface area contributed by atoms with Gasteiger partial charge in [0.2, 0.25) is 5.88 Å². The van der Waals surface area contributed by atoms with Crippen LogP contribution in [0.5, 0.6) is 5.88 Å². The number of hydrogen-bond donors (Lipinski definition) is 0. The Hall–Kier alpha value is -1.58. The van der Waals surface area contributed by atoms with E-state index in [1.807, 2.05) is 42.5 Å². The van der Waals surface area contributed by atoms with Crippen LogP contribution < -0.4 is 4.74 Å². The van der Waals surface area contributed by atoms with Crippen molar-refractivity contribution in [1.29, 1.82) is 0 Å². The van der Waals surface area contributed by atoms with Gasteiger partial charge in [-0.25, -0.2) is 4.98 Å². The molecule has 0 saturated heterocycles. The number of fused-ring (bicyclic) bond motifs is 1. The molecule has 4 heteroatoms. The van der Waals surface area contributed by atoms with Crippen LogP contribution in [-0.2, 0) is 0 Å². The lowest BCUT2D eigenvalue weighted by molar-refractivity contribution is 0.400.